The molecule has 0 unspecified atom stereocenters. The Morgan fingerprint density at radius 1 is 1.47 bits per heavy atom. The van der Waals surface area contributed by atoms with E-state index in [-0.39, 0.29) is 11.2 Å². The molecule has 0 amide bonds. The highest BCUT2D eigenvalue weighted by Crippen LogP contribution is 2.24. The minimum absolute atomic E-state index is 0.0733. The molecule has 0 bridgehead atoms. The van der Waals surface area contributed by atoms with Crippen LogP contribution >= 0.6 is 11.3 Å². The zero-order chi connectivity index (χ0) is 12.9. The maximum absolute atomic E-state index is 11.7. The minimum Gasteiger partial charge on any atom is -0.320 e. The van der Waals surface area contributed by atoms with E-state index in [4.69, 9.17) is 0 Å². The molecule has 0 atom stereocenters. The van der Waals surface area contributed by atoms with Crippen LogP contribution in [0.4, 0.5) is 0 Å². The number of carbonyl (C=O) groups excluding carboxylic acids is 1. The molecular formula is C13H22N2OS. The molecule has 0 aliphatic heterocycles. The molecule has 0 spiro atoms. The van der Waals surface area contributed by atoms with Crippen molar-refractivity contribution in [2.24, 2.45) is 0 Å². The summed E-state index contributed by atoms with van der Waals surface area (Å²) in [6.45, 7) is 7.32. The third kappa shape index (κ3) is 4.96. The quantitative estimate of drug-likeness (QED) is 0.793. The number of ketones is 1. The second-order valence-corrected chi connectivity index (χ2v) is 6.24. The summed E-state index contributed by atoms with van der Waals surface area (Å²) in [7, 11) is 1.90. The number of carbonyl (C=O) groups is 1. The van der Waals surface area contributed by atoms with Gasteiger partial charge in [0.1, 0.15) is 10.8 Å². The Balaban J connectivity index is 2.46. The molecule has 0 aliphatic rings. The first kappa shape index (κ1) is 14.3. The van der Waals surface area contributed by atoms with Crippen molar-refractivity contribution in [1.82, 2.24) is 10.3 Å². The van der Waals surface area contributed by atoms with Crippen LogP contribution in [0.25, 0.3) is 0 Å². The van der Waals surface area contributed by atoms with Gasteiger partial charge in [0.2, 0.25) is 0 Å². The lowest BCUT2D eigenvalue weighted by Gasteiger charge is -2.14. The lowest BCUT2D eigenvalue weighted by molar-refractivity contribution is -0.118. The van der Waals surface area contributed by atoms with E-state index in [0.29, 0.717) is 12.8 Å². The molecule has 0 aromatic carbocycles. The average Bonchev–Trinajstić information content (AvgIpc) is 2.66. The average molecular weight is 254 g/mol. The molecule has 0 saturated heterocycles. The smallest absolute Gasteiger partial charge is 0.139 e. The van der Waals surface area contributed by atoms with Gasteiger partial charge in [0.05, 0.1) is 12.1 Å². The van der Waals surface area contributed by atoms with Crippen LogP contribution in [0.2, 0.25) is 0 Å². The van der Waals surface area contributed by atoms with Crippen molar-refractivity contribution in [3.05, 3.63) is 16.1 Å². The van der Waals surface area contributed by atoms with Crippen molar-refractivity contribution in [3.8, 4) is 0 Å². The van der Waals surface area contributed by atoms with Crippen LogP contribution in [-0.4, -0.2) is 24.4 Å². The number of hydrogen-bond acceptors (Lipinski definition) is 4. The van der Waals surface area contributed by atoms with Crippen LogP contribution in [-0.2, 0) is 16.6 Å². The Hall–Kier alpha value is -0.740. The van der Waals surface area contributed by atoms with Gasteiger partial charge < -0.3 is 5.32 Å². The van der Waals surface area contributed by atoms with Crippen LogP contribution in [0.15, 0.2) is 5.38 Å². The molecule has 0 aliphatic carbocycles. The summed E-state index contributed by atoms with van der Waals surface area (Å²) in [5.41, 5.74) is 1.16. The van der Waals surface area contributed by atoms with Crippen molar-refractivity contribution >= 4 is 17.1 Å². The Morgan fingerprint density at radius 3 is 2.71 bits per heavy atom. The standard InChI is InChI=1S/C13H22N2OS/c1-13(2,3)11-9-17-12(15-11)8-10(16)6-5-7-14-4/h9,14H,5-8H2,1-4H3. The number of Topliss-reactive ketones (excluding diaryl/α,β-unsaturated/α-hetero) is 1. The Labute approximate surface area is 108 Å². The second kappa shape index (κ2) is 6.26. The maximum atomic E-state index is 11.7. The van der Waals surface area contributed by atoms with E-state index in [1.54, 1.807) is 11.3 Å². The predicted octanol–water partition coefficient (Wildman–Crippen LogP) is 2.55. The molecule has 17 heavy (non-hydrogen) atoms. The van der Waals surface area contributed by atoms with Gasteiger partial charge in [0.15, 0.2) is 0 Å². The summed E-state index contributed by atoms with van der Waals surface area (Å²) in [5.74, 6) is 0.287. The predicted molar refractivity (Wildman–Crippen MR) is 72.7 cm³/mol. The minimum atomic E-state index is 0.0733. The summed E-state index contributed by atoms with van der Waals surface area (Å²) in [6, 6.07) is 0. The Kier molecular flexibility index (Phi) is 5.28. The molecule has 1 N–H and O–H groups in total. The van der Waals surface area contributed by atoms with E-state index in [2.05, 4.69) is 36.5 Å². The fraction of sp³-hybridized carbons (Fsp3) is 0.692. The molecule has 0 fully saturated rings. The lowest BCUT2D eigenvalue weighted by atomic mass is 9.93. The normalized spacial score (nSPS) is 11.8. The summed E-state index contributed by atoms with van der Waals surface area (Å²) in [4.78, 5) is 16.2. The SMILES string of the molecule is CNCCCC(=O)Cc1nc(C(C)(C)C)cs1. The van der Waals surface area contributed by atoms with Gasteiger partial charge in [0.25, 0.3) is 0 Å². The molecule has 1 heterocycles. The molecule has 0 saturated carbocycles. The van der Waals surface area contributed by atoms with Gasteiger partial charge in [-0.05, 0) is 20.0 Å². The van der Waals surface area contributed by atoms with Crippen molar-refractivity contribution in [2.75, 3.05) is 13.6 Å². The van der Waals surface area contributed by atoms with Gasteiger partial charge in [-0.15, -0.1) is 11.3 Å². The van der Waals surface area contributed by atoms with E-state index in [1.807, 2.05) is 7.05 Å². The van der Waals surface area contributed by atoms with E-state index < -0.39 is 0 Å². The molecule has 3 nitrogen and oxygen atoms in total. The maximum Gasteiger partial charge on any atom is 0.139 e. The zero-order valence-electron chi connectivity index (χ0n) is 11.2. The monoisotopic (exact) mass is 254 g/mol. The first-order chi connectivity index (χ1) is 7.93. The molecule has 4 heteroatoms. The second-order valence-electron chi connectivity index (χ2n) is 5.30. The Bertz CT molecular complexity index is 366. The van der Waals surface area contributed by atoms with E-state index in [0.717, 1.165) is 23.7 Å². The Morgan fingerprint density at radius 2 is 2.18 bits per heavy atom. The number of rotatable bonds is 6. The molecule has 1 aromatic rings. The van der Waals surface area contributed by atoms with Gasteiger partial charge in [-0.2, -0.15) is 0 Å². The van der Waals surface area contributed by atoms with Gasteiger partial charge >= 0.3 is 0 Å². The van der Waals surface area contributed by atoms with Crippen molar-refractivity contribution in [2.45, 2.75) is 45.4 Å². The highest BCUT2D eigenvalue weighted by Gasteiger charge is 2.18. The number of hydrogen-bond donors (Lipinski definition) is 1. The summed E-state index contributed by atoms with van der Waals surface area (Å²) < 4.78 is 0. The fourth-order valence-corrected chi connectivity index (χ4v) is 2.51. The summed E-state index contributed by atoms with van der Waals surface area (Å²) >= 11 is 1.60. The van der Waals surface area contributed by atoms with E-state index >= 15 is 0 Å². The van der Waals surface area contributed by atoms with Crippen LogP contribution in [0.1, 0.15) is 44.3 Å². The van der Waals surface area contributed by atoms with Gasteiger partial charge in [-0.1, -0.05) is 20.8 Å². The first-order valence-electron chi connectivity index (χ1n) is 6.04. The van der Waals surface area contributed by atoms with Gasteiger partial charge in [0, 0.05) is 17.2 Å². The molecule has 1 aromatic heterocycles. The van der Waals surface area contributed by atoms with Crippen LogP contribution in [0, 0.1) is 0 Å². The largest absolute Gasteiger partial charge is 0.320 e. The van der Waals surface area contributed by atoms with Crippen LogP contribution in [0.5, 0.6) is 0 Å². The van der Waals surface area contributed by atoms with E-state index in [1.165, 1.54) is 0 Å². The molecule has 0 radical (unpaired) electrons. The van der Waals surface area contributed by atoms with Gasteiger partial charge in [-0.3, -0.25) is 4.79 Å². The van der Waals surface area contributed by atoms with Gasteiger partial charge in [-0.25, -0.2) is 4.98 Å². The fourth-order valence-electron chi connectivity index (χ4n) is 1.46. The first-order valence-corrected chi connectivity index (χ1v) is 6.92. The summed E-state index contributed by atoms with van der Waals surface area (Å²) in [6.07, 6.45) is 2.04. The van der Waals surface area contributed by atoms with Crippen LogP contribution in [0.3, 0.4) is 0 Å². The molecular weight excluding hydrogens is 232 g/mol. The molecule has 96 valence electrons. The number of nitrogens with zero attached hydrogens (tertiary/aromatic N) is 1. The van der Waals surface area contributed by atoms with Crippen molar-refractivity contribution in [1.29, 1.82) is 0 Å². The summed E-state index contributed by atoms with van der Waals surface area (Å²) in [5, 5.41) is 6.06. The highest BCUT2D eigenvalue weighted by molar-refractivity contribution is 7.09. The van der Waals surface area contributed by atoms with Crippen LogP contribution < -0.4 is 5.32 Å². The van der Waals surface area contributed by atoms with E-state index in [9.17, 15) is 4.79 Å². The number of thiazole rings is 1. The van der Waals surface area contributed by atoms with Crippen molar-refractivity contribution < 1.29 is 4.79 Å². The lowest BCUT2D eigenvalue weighted by Crippen LogP contribution is -2.13. The molecule has 1 rings (SSSR count). The third-order valence-electron chi connectivity index (χ3n) is 2.55. The number of nitrogens with one attached hydrogen (secondary N) is 1. The zero-order valence-corrected chi connectivity index (χ0v) is 12.0. The highest BCUT2D eigenvalue weighted by atomic mass is 32.1. The topological polar surface area (TPSA) is 42.0 Å². The van der Waals surface area contributed by atoms with Crippen molar-refractivity contribution in [3.63, 3.8) is 0 Å². The third-order valence-corrected chi connectivity index (χ3v) is 3.40. The number of aromatic nitrogens is 1.